The molecule has 0 atom stereocenters. The highest BCUT2D eigenvalue weighted by molar-refractivity contribution is 5.88. The number of amides is 1. The van der Waals surface area contributed by atoms with Crippen molar-refractivity contribution in [2.75, 3.05) is 14.2 Å². The SMILES string of the molecule is COc1ccc(CN(C)C(=O)C2(N)CC2)c(C)c1C. The second-order valence-electron chi connectivity index (χ2n) is 5.49. The topological polar surface area (TPSA) is 55.6 Å². The molecule has 4 nitrogen and oxygen atoms in total. The first-order chi connectivity index (χ1) is 8.89. The fourth-order valence-corrected chi connectivity index (χ4v) is 2.30. The van der Waals surface area contributed by atoms with Gasteiger partial charge in [0.05, 0.1) is 12.6 Å². The van der Waals surface area contributed by atoms with Crippen molar-refractivity contribution in [1.82, 2.24) is 4.90 Å². The van der Waals surface area contributed by atoms with Crippen LogP contribution >= 0.6 is 0 Å². The molecule has 104 valence electrons. The number of rotatable bonds is 4. The molecule has 2 rings (SSSR count). The van der Waals surface area contributed by atoms with Crippen molar-refractivity contribution in [2.45, 2.75) is 38.8 Å². The van der Waals surface area contributed by atoms with Gasteiger partial charge in [0.25, 0.3) is 0 Å². The number of hydrogen-bond donors (Lipinski definition) is 1. The highest BCUT2D eigenvalue weighted by atomic mass is 16.5. The van der Waals surface area contributed by atoms with E-state index in [1.807, 2.05) is 26.1 Å². The Hall–Kier alpha value is -1.55. The Kier molecular flexibility index (Phi) is 3.54. The van der Waals surface area contributed by atoms with Crippen molar-refractivity contribution < 1.29 is 9.53 Å². The van der Waals surface area contributed by atoms with E-state index in [1.54, 1.807) is 12.0 Å². The monoisotopic (exact) mass is 262 g/mol. The number of benzene rings is 1. The quantitative estimate of drug-likeness (QED) is 0.899. The smallest absolute Gasteiger partial charge is 0.242 e. The van der Waals surface area contributed by atoms with Crippen molar-refractivity contribution in [3.8, 4) is 5.75 Å². The van der Waals surface area contributed by atoms with E-state index in [0.29, 0.717) is 6.54 Å². The molecule has 0 radical (unpaired) electrons. The van der Waals surface area contributed by atoms with E-state index in [0.717, 1.165) is 29.7 Å². The molecule has 1 aliphatic carbocycles. The lowest BCUT2D eigenvalue weighted by molar-refractivity contribution is -0.132. The maximum Gasteiger partial charge on any atom is 0.242 e. The summed E-state index contributed by atoms with van der Waals surface area (Å²) in [5.41, 5.74) is 8.78. The number of ether oxygens (including phenoxy) is 1. The third kappa shape index (κ3) is 2.59. The Morgan fingerprint density at radius 2 is 2.00 bits per heavy atom. The molecule has 4 heteroatoms. The lowest BCUT2D eigenvalue weighted by Gasteiger charge is -2.22. The van der Waals surface area contributed by atoms with Crippen molar-refractivity contribution in [1.29, 1.82) is 0 Å². The number of methoxy groups -OCH3 is 1. The van der Waals surface area contributed by atoms with Crippen molar-refractivity contribution in [2.24, 2.45) is 5.73 Å². The standard InChI is InChI=1S/C15H22N2O2/c1-10-11(2)13(19-4)6-5-12(10)9-17(3)14(18)15(16)7-8-15/h5-6H,7-9,16H2,1-4H3. The number of nitrogens with zero attached hydrogens (tertiary/aromatic N) is 1. The average Bonchev–Trinajstić information content (AvgIpc) is 3.13. The van der Waals surface area contributed by atoms with E-state index < -0.39 is 5.54 Å². The normalized spacial score (nSPS) is 16.1. The predicted octanol–water partition coefficient (Wildman–Crippen LogP) is 1.76. The summed E-state index contributed by atoms with van der Waals surface area (Å²) < 4.78 is 5.30. The van der Waals surface area contributed by atoms with Crippen LogP contribution in [0.4, 0.5) is 0 Å². The molecule has 1 aromatic rings. The Balaban J connectivity index is 2.15. The van der Waals surface area contributed by atoms with Crippen LogP contribution in [0.15, 0.2) is 12.1 Å². The highest BCUT2D eigenvalue weighted by Crippen LogP contribution is 2.34. The zero-order valence-electron chi connectivity index (χ0n) is 12.1. The lowest BCUT2D eigenvalue weighted by Crippen LogP contribution is -2.43. The summed E-state index contributed by atoms with van der Waals surface area (Å²) in [6.45, 7) is 4.68. The van der Waals surface area contributed by atoms with Crippen molar-refractivity contribution in [3.63, 3.8) is 0 Å². The van der Waals surface area contributed by atoms with E-state index in [1.165, 1.54) is 5.56 Å². The van der Waals surface area contributed by atoms with Crippen LogP contribution in [-0.2, 0) is 11.3 Å². The summed E-state index contributed by atoms with van der Waals surface area (Å²) in [6, 6.07) is 3.96. The predicted molar refractivity (Wildman–Crippen MR) is 75.1 cm³/mol. The van der Waals surface area contributed by atoms with Crippen molar-refractivity contribution >= 4 is 5.91 Å². The molecular formula is C15H22N2O2. The number of carbonyl (C=O) groups excluding carboxylic acids is 1. The maximum absolute atomic E-state index is 12.1. The van der Waals surface area contributed by atoms with Gasteiger partial charge in [-0.2, -0.15) is 0 Å². The van der Waals surface area contributed by atoms with Gasteiger partial charge in [-0.25, -0.2) is 0 Å². The molecule has 1 fully saturated rings. The lowest BCUT2D eigenvalue weighted by atomic mass is 10.0. The van der Waals surface area contributed by atoms with Crippen LogP contribution in [0.3, 0.4) is 0 Å². The van der Waals surface area contributed by atoms with Gasteiger partial charge in [-0.05, 0) is 49.4 Å². The van der Waals surface area contributed by atoms with Crippen molar-refractivity contribution in [3.05, 3.63) is 28.8 Å². The zero-order valence-corrected chi connectivity index (χ0v) is 12.1. The van der Waals surface area contributed by atoms with Gasteiger partial charge < -0.3 is 15.4 Å². The Morgan fingerprint density at radius 1 is 1.37 bits per heavy atom. The van der Waals surface area contributed by atoms with Gasteiger partial charge >= 0.3 is 0 Å². The van der Waals surface area contributed by atoms with E-state index >= 15 is 0 Å². The van der Waals surface area contributed by atoms with E-state index in [4.69, 9.17) is 10.5 Å². The van der Waals surface area contributed by atoms with E-state index in [2.05, 4.69) is 6.92 Å². The highest BCUT2D eigenvalue weighted by Gasteiger charge is 2.47. The number of carbonyl (C=O) groups is 1. The Labute approximate surface area is 114 Å². The number of nitrogens with two attached hydrogens (primary N) is 1. The van der Waals surface area contributed by atoms with Gasteiger partial charge in [-0.3, -0.25) is 4.79 Å². The third-order valence-corrected chi connectivity index (χ3v) is 4.04. The molecule has 2 N–H and O–H groups in total. The minimum absolute atomic E-state index is 0.0420. The average molecular weight is 262 g/mol. The summed E-state index contributed by atoms with van der Waals surface area (Å²) >= 11 is 0. The Bertz CT molecular complexity index is 507. The van der Waals surface area contributed by atoms with Crippen LogP contribution in [0, 0.1) is 13.8 Å². The second kappa shape index (κ2) is 4.85. The zero-order chi connectivity index (χ0) is 14.2. The number of likely N-dealkylation sites (N-methyl/N-ethyl adjacent to an activating group) is 1. The van der Waals surface area contributed by atoms with Gasteiger partial charge in [0.2, 0.25) is 5.91 Å². The third-order valence-electron chi connectivity index (χ3n) is 4.04. The van der Waals surface area contributed by atoms with Gasteiger partial charge in [-0.1, -0.05) is 6.07 Å². The summed E-state index contributed by atoms with van der Waals surface area (Å²) in [6.07, 6.45) is 1.60. The van der Waals surface area contributed by atoms with Crippen LogP contribution in [0.2, 0.25) is 0 Å². The summed E-state index contributed by atoms with van der Waals surface area (Å²) in [5, 5.41) is 0. The van der Waals surface area contributed by atoms with E-state index in [-0.39, 0.29) is 5.91 Å². The van der Waals surface area contributed by atoms with Crippen LogP contribution in [0.5, 0.6) is 5.75 Å². The number of hydrogen-bond acceptors (Lipinski definition) is 3. The largest absolute Gasteiger partial charge is 0.496 e. The molecule has 0 aromatic heterocycles. The van der Waals surface area contributed by atoms with Crippen LogP contribution in [0.1, 0.15) is 29.5 Å². The first-order valence-electron chi connectivity index (χ1n) is 6.56. The minimum atomic E-state index is -0.593. The molecule has 19 heavy (non-hydrogen) atoms. The van der Waals surface area contributed by atoms with Gasteiger partial charge in [-0.15, -0.1) is 0 Å². The van der Waals surface area contributed by atoms with Crippen LogP contribution in [0.25, 0.3) is 0 Å². The minimum Gasteiger partial charge on any atom is -0.496 e. The van der Waals surface area contributed by atoms with Crippen LogP contribution in [-0.4, -0.2) is 30.5 Å². The summed E-state index contributed by atoms with van der Waals surface area (Å²) in [7, 11) is 3.48. The molecule has 0 unspecified atom stereocenters. The van der Waals surface area contributed by atoms with Gasteiger partial charge in [0, 0.05) is 13.6 Å². The van der Waals surface area contributed by atoms with E-state index in [9.17, 15) is 4.79 Å². The van der Waals surface area contributed by atoms with Gasteiger partial charge in [0.15, 0.2) is 0 Å². The molecule has 0 aliphatic heterocycles. The molecular weight excluding hydrogens is 240 g/mol. The Morgan fingerprint density at radius 3 is 2.53 bits per heavy atom. The first-order valence-corrected chi connectivity index (χ1v) is 6.56. The molecule has 0 saturated heterocycles. The molecule has 0 heterocycles. The molecule has 1 aliphatic rings. The molecule has 0 spiro atoms. The molecule has 1 saturated carbocycles. The molecule has 0 bridgehead atoms. The molecule has 1 amide bonds. The van der Waals surface area contributed by atoms with Gasteiger partial charge in [0.1, 0.15) is 5.75 Å². The summed E-state index contributed by atoms with van der Waals surface area (Å²) in [5.74, 6) is 0.924. The molecule has 1 aromatic carbocycles. The maximum atomic E-state index is 12.1. The fourth-order valence-electron chi connectivity index (χ4n) is 2.30. The van der Waals surface area contributed by atoms with Crippen LogP contribution < -0.4 is 10.5 Å². The fraction of sp³-hybridized carbons (Fsp3) is 0.533. The first kappa shape index (κ1) is 13.9. The summed E-state index contributed by atoms with van der Waals surface area (Å²) in [4.78, 5) is 13.9. The second-order valence-corrected chi connectivity index (χ2v) is 5.49.